The summed E-state index contributed by atoms with van der Waals surface area (Å²) in [4.78, 5) is 0. The summed E-state index contributed by atoms with van der Waals surface area (Å²) in [7, 11) is 0. The quantitative estimate of drug-likeness (QED) is 0.634. The molecular weight excluding hydrogens is 266 g/mol. The molecule has 2 rings (SSSR count). The fourth-order valence-electron chi connectivity index (χ4n) is 1.59. The zero-order chi connectivity index (χ0) is 17.0. The maximum Gasteiger partial charge on any atom is 0.0314 e. The van der Waals surface area contributed by atoms with E-state index in [1.165, 1.54) is 17.5 Å². The lowest BCUT2D eigenvalue weighted by Gasteiger charge is -2.07. The van der Waals surface area contributed by atoms with E-state index < -0.39 is 0 Å². The lowest BCUT2D eigenvalue weighted by Crippen LogP contribution is -1.91. The Bertz CT molecular complexity index is 468. The van der Waals surface area contributed by atoms with Crippen molar-refractivity contribution in [1.82, 2.24) is 0 Å². The Morgan fingerprint density at radius 2 is 1.27 bits per heavy atom. The second kappa shape index (κ2) is 11.9. The summed E-state index contributed by atoms with van der Waals surface area (Å²) in [6.07, 6.45) is 1.18. The van der Waals surface area contributed by atoms with Gasteiger partial charge in [0.15, 0.2) is 0 Å². The molecule has 2 N–H and O–H groups in total. The summed E-state index contributed by atoms with van der Waals surface area (Å²) < 4.78 is 0. The van der Waals surface area contributed by atoms with Gasteiger partial charge in [0.05, 0.1) is 0 Å². The van der Waals surface area contributed by atoms with E-state index in [2.05, 4.69) is 65.8 Å². The van der Waals surface area contributed by atoms with E-state index in [1.807, 2.05) is 30.3 Å². The number of rotatable bonds is 2. The van der Waals surface area contributed by atoms with Gasteiger partial charge in [-0.25, -0.2) is 0 Å². The van der Waals surface area contributed by atoms with E-state index in [0.29, 0.717) is 5.92 Å². The molecule has 0 saturated carbocycles. The molecule has 0 heterocycles. The van der Waals surface area contributed by atoms with Crippen LogP contribution >= 0.6 is 0 Å². The Hall–Kier alpha value is -1.76. The molecule has 0 radical (unpaired) electrons. The van der Waals surface area contributed by atoms with Gasteiger partial charge in [-0.15, -0.1) is 0 Å². The van der Waals surface area contributed by atoms with Gasteiger partial charge in [-0.1, -0.05) is 82.6 Å². The van der Waals surface area contributed by atoms with Gasteiger partial charge in [0, 0.05) is 5.69 Å². The molecule has 0 spiro atoms. The smallest absolute Gasteiger partial charge is 0.0314 e. The predicted molar refractivity (Wildman–Crippen MR) is 101 cm³/mol. The molecule has 1 atom stereocenters. The van der Waals surface area contributed by atoms with Crippen molar-refractivity contribution in [2.75, 3.05) is 5.73 Å². The van der Waals surface area contributed by atoms with Crippen molar-refractivity contribution >= 4 is 5.69 Å². The largest absolute Gasteiger partial charge is 0.399 e. The van der Waals surface area contributed by atoms with E-state index in [1.54, 1.807) is 0 Å². The van der Waals surface area contributed by atoms with Crippen LogP contribution in [0.3, 0.4) is 0 Å². The molecule has 122 valence electrons. The zero-order valence-corrected chi connectivity index (χ0v) is 15.1. The second-order valence-electron chi connectivity index (χ2n) is 6.36. The molecule has 1 heteroatoms. The number of hydrogen-bond acceptors (Lipinski definition) is 1. The lowest BCUT2D eigenvalue weighted by molar-refractivity contribution is 0.734. The first-order valence-electron chi connectivity index (χ1n) is 8.23. The highest BCUT2D eigenvalue weighted by Gasteiger charge is 2.00. The van der Waals surface area contributed by atoms with Crippen LogP contribution in [0.25, 0.3) is 0 Å². The number of aryl methyl sites for hydroxylation is 1. The Kier molecular flexibility index (Phi) is 10.9. The van der Waals surface area contributed by atoms with Crippen molar-refractivity contribution in [3.05, 3.63) is 65.7 Å². The third-order valence-corrected chi connectivity index (χ3v) is 3.06. The number of benzene rings is 2. The first-order valence-corrected chi connectivity index (χ1v) is 8.23. The highest BCUT2D eigenvalue weighted by molar-refractivity contribution is 5.40. The van der Waals surface area contributed by atoms with E-state index >= 15 is 0 Å². The normalized spacial score (nSPS) is 10.9. The highest BCUT2D eigenvalue weighted by Crippen LogP contribution is 2.18. The third kappa shape index (κ3) is 11.0. The van der Waals surface area contributed by atoms with E-state index in [0.717, 1.165) is 11.6 Å². The molecule has 1 unspecified atom stereocenters. The van der Waals surface area contributed by atoms with E-state index in [9.17, 15) is 0 Å². The van der Waals surface area contributed by atoms with Gasteiger partial charge in [-0.2, -0.15) is 0 Å². The number of anilines is 1. The van der Waals surface area contributed by atoms with Gasteiger partial charge in [0.25, 0.3) is 0 Å². The molecule has 0 aliphatic carbocycles. The summed E-state index contributed by atoms with van der Waals surface area (Å²) >= 11 is 0. The zero-order valence-electron chi connectivity index (χ0n) is 15.1. The molecule has 0 bridgehead atoms. The van der Waals surface area contributed by atoms with Crippen LogP contribution < -0.4 is 5.73 Å². The van der Waals surface area contributed by atoms with Crippen molar-refractivity contribution < 1.29 is 0 Å². The van der Waals surface area contributed by atoms with Crippen molar-refractivity contribution in [3.63, 3.8) is 0 Å². The SMILES string of the molecule is CC(C)C.CCC(C)c1ccc(N)cc1.Cc1ccccc1. The summed E-state index contributed by atoms with van der Waals surface area (Å²) in [5.41, 5.74) is 9.11. The van der Waals surface area contributed by atoms with Crippen LogP contribution in [0, 0.1) is 12.8 Å². The van der Waals surface area contributed by atoms with Crippen molar-refractivity contribution in [2.45, 2.75) is 53.9 Å². The maximum atomic E-state index is 5.57. The number of nitrogen functional groups attached to an aromatic ring is 1. The van der Waals surface area contributed by atoms with E-state index in [4.69, 9.17) is 5.73 Å². The number of nitrogens with two attached hydrogens (primary N) is 1. The van der Waals surface area contributed by atoms with Crippen molar-refractivity contribution in [2.24, 2.45) is 5.92 Å². The van der Waals surface area contributed by atoms with Gasteiger partial charge in [0.1, 0.15) is 0 Å². The Balaban J connectivity index is 0.000000343. The fourth-order valence-corrected chi connectivity index (χ4v) is 1.59. The Labute approximate surface area is 137 Å². The Morgan fingerprint density at radius 3 is 1.59 bits per heavy atom. The molecule has 0 fully saturated rings. The standard InChI is InChI=1S/C10H15N.C7H8.C4H10/c1-3-8(2)9-4-6-10(11)7-5-9;1-7-5-3-2-4-6-7;1-4(2)3/h4-8H,3,11H2,1-2H3;2-6H,1H3;4H,1-3H3. The number of hydrogen-bond donors (Lipinski definition) is 1. The minimum absolute atomic E-state index is 0.649. The lowest BCUT2D eigenvalue weighted by atomic mass is 9.99. The highest BCUT2D eigenvalue weighted by atomic mass is 14.5. The molecule has 0 amide bonds. The molecule has 0 saturated heterocycles. The molecule has 0 aliphatic rings. The van der Waals surface area contributed by atoms with Gasteiger partial charge in [0.2, 0.25) is 0 Å². The van der Waals surface area contributed by atoms with Gasteiger partial charge < -0.3 is 5.73 Å². The average Bonchev–Trinajstić information content (AvgIpc) is 2.48. The monoisotopic (exact) mass is 299 g/mol. The predicted octanol–water partition coefficient (Wildman–Crippen LogP) is 6.44. The van der Waals surface area contributed by atoms with Crippen LogP contribution in [0.1, 0.15) is 58.1 Å². The molecule has 0 aromatic heterocycles. The van der Waals surface area contributed by atoms with Crippen LogP contribution in [0.4, 0.5) is 5.69 Å². The summed E-state index contributed by atoms with van der Waals surface area (Å²) in [6.45, 7) is 13.0. The van der Waals surface area contributed by atoms with Crippen LogP contribution in [0.5, 0.6) is 0 Å². The molecule has 1 nitrogen and oxygen atoms in total. The average molecular weight is 300 g/mol. The van der Waals surface area contributed by atoms with Gasteiger partial charge >= 0.3 is 0 Å². The molecule has 0 aliphatic heterocycles. The summed E-state index contributed by atoms with van der Waals surface area (Å²) in [5.74, 6) is 1.48. The van der Waals surface area contributed by atoms with Crippen LogP contribution in [-0.4, -0.2) is 0 Å². The van der Waals surface area contributed by atoms with Crippen molar-refractivity contribution in [1.29, 1.82) is 0 Å². The fraction of sp³-hybridized carbons (Fsp3) is 0.429. The van der Waals surface area contributed by atoms with Gasteiger partial charge in [-0.05, 0) is 42.9 Å². The van der Waals surface area contributed by atoms with E-state index in [-0.39, 0.29) is 0 Å². The van der Waals surface area contributed by atoms with Crippen LogP contribution in [0.15, 0.2) is 54.6 Å². The van der Waals surface area contributed by atoms with Crippen LogP contribution in [0.2, 0.25) is 0 Å². The second-order valence-corrected chi connectivity index (χ2v) is 6.36. The Morgan fingerprint density at radius 1 is 0.818 bits per heavy atom. The molecule has 2 aromatic carbocycles. The maximum absolute atomic E-state index is 5.57. The molecule has 22 heavy (non-hydrogen) atoms. The van der Waals surface area contributed by atoms with Gasteiger partial charge in [-0.3, -0.25) is 0 Å². The van der Waals surface area contributed by atoms with Crippen molar-refractivity contribution in [3.8, 4) is 0 Å². The molecular formula is C21H33N. The minimum atomic E-state index is 0.649. The van der Waals surface area contributed by atoms with Crippen LogP contribution in [-0.2, 0) is 0 Å². The minimum Gasteiger partial charge on any atom is -0.399 e. The topological polar surface area (TPSA) is 26.0 Å². The summed E-state index contributed by atoms with van der Waals surface area (Å²) in [5, 5.41) is 0. The first kappa shape index (κ1) is 20.2. The molecule has 2 aromatic rings. The summed E-state index contributed by atoms with van der Waals surface area (Å²) in [6, 6.07) is 18.4. The first-order chi connectivity index (χ1) is 10.4. The third-order valence-electron chi connectivity index (χ3n) is 3.06.